The molecule has 1 saturated heterocycles. The minimum absolute atomic E-state index is 0. The van der Waals surface area contributed by atoms with E-state index in [9.17, 15) is 10.1 Å². The standard InChI is InChI=1S/C7H8N2O3.ClH/c10-9(11)7-2-1-6(12-7)5-3-4-8-5;/h1-2,5,8H,3-4H2;1H/t5-;/m0./s1. The number of nitrogens with one attached hydrogen (secondary N) is 1. The number of nitrogens with zero attached hydrogens (tertiary/aromatic N) is 1. The molecule has 6 heteroatoms. The number of nitro groups is 1. The van der Waals surface area contributed by atoms with Crippen LogP contribution in [0.1, 0.15) is 18.2 Å². The van der Waals surface area contributed by atoms with Crippen LogP contribution >= 0.6 is 12.4 Å². The predicted octanol–water partition coefficient (Wildman–Crippen LogP) is 1.64. The third-order valence-corrected chi connectivity index (χ3v) is 1.96. The molecule has 2 heterocycles. The Morgan fingerprint density at radius 1 is 1.62 bits per heavy atom. The van der Waals surface area contributed by atoms with Crippen molar-refractivity contribution in [2.45, 2.75) is 12.5 Å². The predicted molar refractivity (Wildman–Crippen MR) is 48.0 cm³/mol. The highest BCUT2D eigenvalue weighted by atomic mass is 35.5. The lowest BCUT2D eigenvalue weighted by Gasteiger charge is -2.24. The second kappa shape index (κ2) is 3.76. The fourth-order valence-electron chi connectivity index (χ4n) is 1.16. The molecule has 1 aliphatic rings. The highest BCUT2D eigenvalue weighted by Gasteiger charge is 2.24. The molecule has 0 aromatic carbocycles. The Bertz CT molecular complexity index is 308. The SMILES string of the molecule is Cl.O=[N+]([O-])c1ccc([C@@H]2CCN2)o1. The lowest BCUT2D eigenvalue weighted by atomic mass is 10.1. The largest absolute Gasteiger partial charge is 0.433 e. The maximum atomic E-state index is 10.2. The van der Waals surface area contributed by atoms with Gasteiger partial charge in [0, 0.05) is 0 Å². The molecule has 1 fully saturated rings. The zero-order valence-corrected chi connectivity index (χ0v) is 7.54. The van der Waals surface area contributed by atoms with E-state index in [4.69, 9.17) is 4.42 Å². The zero-order chi connectivity index (χ0) is 8.55. The smallest absolute Gasteiger partial charge is 0.404 e. The van der Waals surface area contributed by atoms with E-state index in [1.54, 1.807) is 6.07 Å². The number of halogens is 1. The van der Waals surface area contributed by atoms with Gasteiger partial charge in [0.1, 0.15) is 10.7 Å². The summed E-state index contributed by atoms with van der Waals surface area (Å²) in [5, 5.41) is 13.3. The Kier molecular flexibility index (Phi) is 2.90. The molecule has 5 nitrogen and oxygen atoms in total. The first-order valence-corrected chi connectivity index (χ1v) is 3.75. The van der Waals surface area contributed by atoms with Crippen molar-refractivity contribution in [1.29, 1.82) is 0 Å². The zero-order valence-electron chi connectivity index (χ0n) is 6.73. The van der Waals surface area contributed by atoms with Crippen LogP contribution in [0.15, 0.2) is 16.5 Å². The molecule has 1 aromatic rings. The van der Waals surface area contributed by atoms with E-state index >= 15 is 0 Å². The molecule has 2 rings (SSSR count). The lowest BCUT2D eigenvalue weighted by Crippen LogP contribution is -2.34. The molecule has 72 valence electrons. The summed E-state index contributed by atoms with van der Waals surface area (Å²) in [6.45, 7) is 0.958. The Hall–Kier alpha value is -1.07. The van der Waals surface area contributed by atoms with Crippen molar-refractivity contribution in [3.8, 4) is 0 Å². The normalized spacial score (nSPS) is 20.2. The quantitative estimate of drug-likeness (QED) is 0.588. The number of furan rings is 1. The first-order chi connectivity index (χ1) is 5.77. The van der Waals surface area contributed by atoms with Crippen molar-refractivity contribution in [3.63, 3.8) is 0 Å². The number of rotatable bonds is 2. The van der Waals surface area contributed by atoms with Crippen molar-refractivity contribution in [1.82, 2.24) is 5.32 Å². The molecule has 0 spiro atoms. The summed E-state index contributed by atoms with van der Waals surface area (Å²) in [6, 6.07) is 3.21. The second-order valence-corrected chi connectivity index (χ2v) is 2.73. The van der Waals surface area contributed by atoms with Crippen molar-refractivity contribution in [2.24, 2.45) is 0 Å². The van der Waals surface area contributed by atoms with Crippen LogP contribution < -0.4 is 5.32 Å². The molecule has 0 aliphatic carbocycles. The number of hydrogen-bond acceptors (Lipinski definition) is 4. The summed E-state index contributed by atoms with van der Waals surface area (Å²) in [7, 11) is 0. The fraction of sp³-hybridized carbons (Fsp3) is 0.429. The summed E-state index contributed by atoms with van der Waals surface area (Å²) >= 11 is 0. The van der Waals surface area contributed by atoms with E-state index in [1.165, 1.54) is 6.07 Å². The third-order valence-electron chi connectivity index (χ3n) is 1.96. The minimum Gasteiger partial charge on any atom is -0.404 e. The molecule has 1 atom stereocenters. The van der Waals surface area contributed by atoms with Crippen molar-refractivity contribution in [2.75, 3.05) is 6.54 Å². The van der Waals surface area contributed by atoms with Crippen LogP contribution in [0.4, 0.5) is 5.88 Å². The fourth-order valence-corrected chi connectivity index (χ4v) is 1.16. The van der Waals surface area contributed by atoms with Crippen molar-refractivity contribution < 1.29 is 9.34 Å². The topological polar surface area (TPSA) is 68.3 Å². The second-order valence-electron chi connectivity index (χ2n) is 2.73. The molecule has 0 saturated carbocycles. The summed E-state index contributed by atoms with van der Waals surface area (Å²) in [5.74, 6) is 0.478. The van der Waals surface area contributed by atoms with E-state index in [-0.39, 0.29) is 24.3 Å². The van der Waals surface area contributed by atoms with Gasteiger partial charge in [0.25, 0.3) is 0 Å². The van der Waals surface area contributed by atoms with Gasteiger partial charge in [-0.1, -0.05) is 0 Å². The molecule has 0 unspecified atom stereocenters. The minimum atomic E-state index is -0.526. The van der Waals surface area contributed by atoms with E-state index in [1.807, 2.05) is 0 Å². The lowest BCUT2D eigenvalue weighted by molar-refractivity contribution is -0.402. The Morgan fingerprint density at radius 2 is 2.31 bits per heavy atom. The highest BCUT2D eigenvalue weighted by molar-refractivity contribution is 5.85. The summed E-state index contributed by atoms with van der Waals surface area (Å²) in [4.78, 5) is 9.71. The van der Waals surface area contributed by atoms with Crippen LogP contribution in [-0.4, -0.2) is 11.5 Å². The summed E-state index contributed by atoms with van der Waals surface area (Å²) in [6.07, 6.45) is 0.991. The van der Waals surface area contributed by atoms with Gasteiger partial charge >= 0.3 is 5.88 Å². The van der Waals surface area contributed by atoms with Gasteiger partial charge in [-0.05, 0) is 19.0 Å². The Balaban J connectivity index is 0.000000845. The van der Waals surface area contributed by atoms with Crippen LogP contribution in [-0.2, 0) is 0 Å². The Morgan fingerprint density at radius 3 is 2.69 bits per heavy atom. The average molecular weight is 205 g/mol. The van der Waals surface area contributed by atoms with Crippen LogP contribution in [0.2, 0.25) is 0 Å². The molecule has 13 heavy (non-hydrogen) atoms. The molecule has 1 aromatic heterocycles. The van der Waals surface area contributed by atoms with Crippen LogP contribution in [0.5, 0.6) is 0 Å². The Labute approximate surface area is 80.7 Å². The first kappa shape index (κ1) is 10.0. The summed E-state index contributed by atoms with van der Waals surface area (Å²) in [5.41, 5.74) is 0. The molecule has 0 bridgehead atoms. The highest BCUT2D eigenvalue weighted by Crippen LogP contribution is 2.27. The van der Waals surface area contributed by atoms with Gasteiger partial charge in [0.2, 0.25) is 0 Å². The third kappa shape index (κ3) is 1.81. The molecular weight excluding hydrogens is 196 g/mol. The summed E-state index contributed by atoms with van der Waals surface area (Å²) < 4.78 is 4.99. The van der Waals surface area contributed by atoms with Gasteiger partial charge in [0.05, 0.1) is 12.1 Å². The van der Waals surface area contributed by atoms with Gasteiger partial charge in [-0.15, -0.1) is 12.4 Å². The number of hydrogen-bond donors (Lipinski definition) is 1. The van der Waals surface area contributed by atoms with Gasteiger partial charge in [-0.2, -0.15) is 0 Å². The average Bonchev–Trinajstić information content (AvgIpc) is 2.32. The van der Waals surface area contributed by atoms with Crippen LogP contribution in [0, 0.1) is 10.1 Å². The van der Waals surface area contributed by atoms with Gasteiger partial charge in [-0.25, -0.2) is 0 Å². The first-order valence-electron chi connectivity index (χ1n) is 3.75. The van der Waals surface area contributed by atoms with E-state index in [0.29, 0.717) is 5.76 Å². The van der Waals surface area contributed by atoms with Crippen LogP contribution in [0.25, 0.3) is 0 Å². The molecular formula is C7H9ClN2O3. The maximum Gasteiger partial charge on any atom is 0.433 e. The monoisotopic (exact) mass is 204 g/mol. The van der Waals surface area contributed by atoms with E-state index in [0.717, 1.165) is 13.0 Å². The van der Waals surface area contributed by atoms with Crippen molar-refractivity contribution in [3.05, 3.63) is 28.0 Å². The molecule has 1 N–H and O–H groups in total. The molecule has 0 amide bonds. The van der Waals surface area contributed by atoms with E-state index < -0.39 is 4.92 Å². The van der Waals surface area contributed by atoms with E-state index in [2.05, 4.69) is 5.32 Å². The molecule has 1 aliphatic heterocycles. The van der Waals surface area contributed by atoms with Crippen molar-refractivity contribution >= 4 is 18.3 Å². The van der Waals surface area contributed by atoms with Crippen LogP contribution in [0.3, 0.4) is 0 Å². The van der Waals surface area contributed by atoms with Gasteiger partial charge in [-0.3, -0.25) is 10.1 Å². The van der Waals surface area contributed by atoms with Gasteiger partial charge in [0.15, 0.2) is 0 Å². The molecule has 0 radical (unpaired) electrons. The van der Waals surface area contributed by atoms with Gasteiger partial charge < -0.3 is 9.73 Å². The maximum absolute atomic E-state index is 10.2.